The summed E-state index contributed by atoms with van der Waals surface area (Å²) in [5.41, 5.74) is 6.17. The molecule has 3 heterocycles. The van der Waals surface area contributed by atoms with Gasteiger partial charge in [-0.25, -0.2) is 9.78 Å². The molecule has 0 radical (unpaired) electrons. The number of carboxylic acids is 1. The standard InChI is InChI=1S/C21H19N5O5S3/c1-31-25-14(13-10-34-21(22)23-13)17(27)24-15-18(28)26-16(20(29)30)11(9-33-19(15)26)7-8-32-12-5-3-2-4-6-12/h2-8,10,15,19H,9H2,1H3,(H2,22,23)(H,24,27)(H,29,30)/b8-7+,25-14-. The minimum atomic E-state index is -1.20. The summed E-state index contributed by atoms with van der Waals surface area (Å²) in [5, 5.41) is 19.2. The average Bonchev–Trinajstić information content (AvgIpc) is 3.26. The number of hydrogen-bond donors (Lipinski definition) is 3. The number of allylic oxidation sites excluding steroid dienone is 1. The summed E-state index contributed by atoms with van der Waals surface area (Å²) in [6.45, 7) is 0. The number of nitrogen functional groups attached to an aromatic ring is 1. The minimum absolute atomic E-state index is 0.0813. The molecule has 176 valence electrons. The molecule has 2 aromatic rings. The number of amides is 2. The molecule has 4 rings (SSSR count). The van der Waals surface area contributed by atoms with Gasteiger partial charge in [-0.05, 0) is 29.2 Å². The Morgan fingerprint density at radius 2 is 2.15 bits per heavy atom. The molecule has 2 aliphatic rings. The van der Waals surface area contributed by atoms with Crippen LogP contribution in [0.15, 0.2) is 68.5 Å². The Bertz CT molecular complexity index is 1210. The second-order valence-electron chi connectivity index (χ2n) is 6.97. The Labute approximate surface area is 206 Å². The van der Waals surface area contributed by atoms with E-state index in [1.54, 1.807) is 16.9 Å². The highest BCUT2D eigenvalue weighted by Crippen LogP contribution is 2.41. The zero-order valence-corrected chi connectivity index (χ0v) is 20.2. The molecule has 2 amide bonds. The molecule has 1 aromatic heterocycles. The summed E-state index contributed by atoms with van der Waals surface area (Å²) in [4.78, 5) is 48.7. The summed E-state index contributed by atoms with van der Waals surface area (Å²) in [6, 6.07) is 8.73. The second kappa shape index (κ2) is 10.3. The fourth-order valence-electron chi connectivity index (χ4n) is 3.37. The van der Waals surface area contributed by atoms with Gasteiger partial charge < -0.3 is 21.0 Å². The van der Waals surface area contributed by atoms with Crippen LogP contribution in [0.1, 0.15) is 5.69 Å². The molecular weight excluding hydrogens is 498 g/mol. The van der Waals surface area contributed by atoms with Crippen molar-refractivity contribution in [1.82, 2.24) is 15.2 Å². The summed E-state index contributed by atoms with van der Waals surface area (Å²) in [7, 11) is 1.28. The van der Waals surface area contributed by atoms with E-state index in [4.69, 9.17) is 10.6 Å². The minimum Gasteiger partial charge on any atom is -0.477 e. The van der Waals surface area contributed by atoms with Gasteiger partial charge in [-0.1, -0.05) is 35.1 Å². The van der Waals surface area contributed by atoms with Crippen LogP contribution in [0.2, 0.25) is 0 Å². The number of nitrogens with one attached hydrogen (secondary N) is 1. The number of oxime groups is 1. The van der Waals surface area contributed by atoms with E-state index in [9.17, 15) is 19.5 Å². The fraction of sp³-hybridized carbons (Fsp3) is 0.190. The molecule has 0 aliphatic carbocycles. The predicted octanol–water partition coefficient (Wildman–Crippen LogP) is 2.12. The second-order valence-corrected chi connectivity index (χ2v) is 9.94. The van der Waals surface area contributed by atoms with Gasteiger partial charge in [0.25, 0.3) is 11.8 Å². The van der Waals surface area contributed by atoms with Gasteiger partial charge in [0.15, 0.2) is 10.8 Å². The van der Waals surface area contributed by atoms with Crippen molar-refractivity contribution >= 4 is 63.5 Å². The number of rotatable bonds is 8. The highest BCUT2D eigenvalue weighted by Gasteiger charge is 2.54. The van der Waals surface area contributed by atoms with Crippen LogP contribution in [0.5, 0.6) is 0 Å². The first-order valence-electron chi connectivity index (χ1n) is 9.83. The Hall–Kier alpha value is -3.29. The number of carbonyl (C=O) groups is 3. The van der Waals surface area contributed by atoms with E-state index in [0.717, 1.165) is 16.2 Å². The molecule has 34 heavy (non-hydrogen) atoms. The third-order valence-corrected chi connectivity index (χ3v) is 7.66. The first-order chi connectivity index (χ1) is 16.4. The summed E-state index contributed by atoms with van der Waals surface area (Å²) in [5.74, 6) is -2.02. The number of nitrogens with two attached hydrogens (primary N) is 1. The van der Waals surface area contributed by atoms with Crippen LogP contribution in [0.3, 0.4) is 0 Å². The third kappa shape index (κ3) is 4.81. The van der Waals surface area contributed by atoms with E-state index < -0.39 is 29.2 Å². The molecule has 4 N–H and O–H groups in total. The summed E-state index contributed by atoms with van der Waals surface area (Å²) < 4.78 is 0. The van der Waals surface area contributed by atoms with Crippen LogP contribution in [0, 0.1) is 0 Å². The van der Waals surface area contributed by atoms with Crippen molar-refractivity contribution in [3.63, 3.8) is 0 Å². The predicted molar refractivity (Wildman–Crippen MR) is 131 cm³/mol. The lowest BCUT2D eigenvalue weighted by molar-refractivity contribution is -0.150. The molecule has 0 bridgehead atoms. The van der Waals surface area contributed by atoms with Gasteiger partial charge in [0.05, 0.1) is 0 Å². The highest BCUT2D eigenvalue weighted by molar-refractivity contribution is 8.02. The number of fused-ring (bicyclic) bond motifs is 1. The third-order valence-electron chi connectivity index (χ3n) is 4.87. The van der Waals surface area contributed by atoms with Crippen LogP contribution in [-0.4, -0.2) is 62.8 Å². The lowest BCUT2D eigenvalue weighted by atomic mass is 10.0. The fourth-order valence-corrected chi connectivity index (χ4v) is 5.94. The van der Waals surface area contributed by atoms with Crippen molar-refractivity contribution in [3.05, 3.63) is 64.2 Å². The highest BCUT2D eigenvalue weighted by atomic mass is 32.2. The van der Waals surface area contributed by atoms with Crippen molar-refractivity contribution in [2.45, 2.75) is 16.3 Å². The topological polar surface area (TPSA) is 147 Å². The van der Waals surface area contributed by atoms with Crippen LogP contribution in [-0.2, 0) is 19.2 Å². The van der Waals surface area contributed by atoms with Crippen molar-refractivity contribution in [3.8, 4) is 0 Å². The zero-order chi connectivity index (χ0) is 24.2. The number of hydrogen-bond acceptors (Lipinski definition) is 10. The van der Waals surface area contributed by atoms with Gasteiger partial charge >= 0.3 is 5.97 Å². The molecule has 2 unspecified atom stereocenters. The van der Waals surface area contributed by atoms with E-state index in [2.05, 4.69) is 15.5 Å². The number of carboxylic acid groups (broad SMARTS) is 1. The monoisotopic (exact) mass is 517 g/mol. The van der Waals surface area contributed by atoms with Crippen molar-refractivity contribution in [1.29, 1.82) is 0 Å². The number of carbonyl (C=O) groups excluding carboxylic acids is 2. The maximum Gasteiger partial charge on any atom is 0.352 e. The van der Waals surface area contributed by atoms with Crippen LogP contribution >= 0.6 is 34.9 Å². The number of thiazole rings is 1. The molecule has 2 aliphatic heterocycles. The van der Waals surface area contributed by atoms with Crippen molar-refractivity contribution in [2.75, 3.05) is 18.6 Å². The number of β-lactam (4-membered cyclic amide) rings is 1. The van der Waals surface area contributed by atoms with E-state index in [-0.39, 0.29) is 22.2 Å². The van der Waals surface area contributed by atoms with Gasteiger partial charge in [0.1, 0.15) is 29.9 Å². The molecule has 2 atom stereocenters. The Kier molecular flexibility index (Phi) is 7.24. The number of aliphatic carboxylic acids is 1. The zero-order valence-electron chi connectivity index (χ0n) is 17.7. The molecule has 0 spiro atoms. The van der Waals surface area contributed by atoms with E-state index >= 15 is 0 Å². The molecule has 13 heteroatoms. The lowest BCUT2D eigenvalue weighted by Gasteiger charge is -2.49. The van der Waals surface area contributed by atoms with Crippen LogP contribution < -0.4 is 11.1 Å². The Balaban J connectivity index is 1.49. The molecule has 1 aromatic carbocycles. The SMILES string of the molecule is CO/N=C(\C(=O)NC1C(=O)N2C(C(=O)O)=C(/C=C/Sc3ccccc3)CSC12)c1csc(N)n1. The Morgan fingerprint density at radius 3 is 2.79 bits per heavy atom. The molecule has 1 fully saturated rings. The van der Waals surface area contributed by atoms with Crippen molar-refractivity contribution < 1.29 is 24.3 Å². The average molecular weight is 518 g/mol. The molecular formula is C21H19N5O5S3. The molecule has 1 saturated heterocycles. The van der Waals surface area contributed by atoms with Crippen LogP contribution in [0.4, 0.5) is 5.13 Å². The number of aromatic nitrogens is 1. The smallest absolute Gasteiger partial charge is 0.352 e. The van der Waals surface area contributed by atoms with Gasteiger partial charge in [-0.2, -0.15) is 0 Å². The van der Waals surface area contributed by atoms with E-state index in [1.165, 1.54) is 35.5 Å². The summed E-state index contributed by atoms with van der Waals surface area (Å²) >= 11 is 3.95. The van der Waals surface area contributed by atoms with Gasteiger partial charge in [0, 0.05) is 16.0 Å². The lowest BCUT2D eigenvalue weighted by Crippen LogP contribution is -2.71. The molecule has 10 nitrogen and oxygen atoms in total. The summed E-state index contributed by atoms with van der Waals surface area (Å²) in [6.07, 6.45) is 1.71. The first-order valence-corrected chi connectivity index (χ1v) is 12.6. The van der Waals surface area contributed by atoms with E-state index in [1.807, 2.05) is 30.3 Å². The molecule has 0 saturated carbocycles. The number of benzene rings is 1. The quantitative estimate of drug-likeness (QED) is 0.207. The van der Waals surface area contributed by atoms with E-state index in [0.29, 0.717) is 11.3 Å². The Morgan fingerprint density at radius 1 is 1.38 bits per heavy atom. The maximum atomic E-state index is 12.9. The van der Waals surface area contributed by atoms with Gasteiger partial charge in [-0.3, -0.25) is 14.5 Å². The number of nitrogens with zero attached hydrogens (tertiary/aromatic N) is 3. The van der Waals surface area contributed by atoms with Crippen LogP contribution in [0.25, 0.3) is 0 Å². The number of thioether (sulfide) groups is 2. The van der Waals surface area contributed by atoms with Gasteiger partial charge in [-0.15, -0.1) is 23.1 Å². The first kappa shape index (κ1) is 23.9. The normalized spacial score (nSPS) is 20.2. The maximum absolute atomic E-state index is 12.9. The number of anilines is 1. The van der Waals surface area contributed by atoms with Crippen molar-refractivity contribution in [2.24, 2.45) is 5.16 Å². The van der Waals surface area contributed by atoms with Gasteiger partial charge in [0.2, 0.25) is 0 Å². The largest absolute Gasteiger partial charge is 0.477 e.